The van der Waals surface area contributed by atoms with Crippen LogP contribution < -0.4 is 5.32 Å². The van der Waals surface area contributed by atoms with Crippen LogP contribution in [0.3, 0.4) is 0 Å². The predicted octanol–water partition coefficient (Wildman–Crippen LogP) is 2.37. The molecule has 1 saturated carbocycles. The van der Waals surface area contributed by atoms with E-state index in [2.05, 4.69) is 36.5 Å². The number of aliphatic hydroxyl groups is 1. The molecular formula is C15H23NO. The number of aliphatic hydroxyl groups excluding tert-OH is 1. The summed E-state index contributed by atoms with van der Waals surface area (Å²) < 4.78 is 0. The van der Waals surface area contributed by atoms with Gasteiger partial charge in [0.05, 0.1) is 6.61 Å². The van der Waals surface area contributed by atoms with Crippen LogP contribution in [0, 0.1) is 5.92 Å². The van der Waals surface area contributed by atoms with Crippen molar-refractivity contribution in [2.75, 3.05) is 6.61 Å². The molecule has 0 aliphatic heterocycles. The fourth-order valence-electron chi connectivity index (χ4n) is 2.77. The molecule has 1 aliphatic carbocycles. The van der Waals surface area contributed by atoms with Gasteiger partial charge in [-0.25, -0.2) is 0 Å². The molecule has 3 atom stereocenters. The number of nitrogens with one attached hydrogen (secondary N) is 1. The molecule has 94 valence electrons. The summed E-state index contributed by atoms with van der Waals surface area (Å²) in [7, 11) is 0. The van der Waals surface area contributed by atoms with E-state index >= 15 is 0 Å². The number of hydrogen-bond donors (Lipinski definition) is 2. The zero-order valence-corrected chi connectivity index (χ0v) is 10.6. The third-order valence-electron chi connectivity index (χ3n) is 3.71. The molecular weight excluding hydrogens is 210 g/mol. The van der Waals surface area contributed by atoms with E-state index in [1.54, 1.807) is 0 Å². The van der Waals surface area contributed by atoms with Gasteiger partial charge in [0.15, 0.2) is 0 Å². The van der Waals surface area contributed by atoms with Crippen molar-refractivity contribution >= 4 is 0 Å². The van der Waals surface area contributed by atoms with E-state index < -0.39 is 0 Å². The molecule has 2 rings (SSSR count). The maximum atomic E-state index is 9.45. The van der Waals surface area contributed by atoms with Crippen molar-refractivity contribution in [1.82, 2.24) is 5.32 Å². The standard InChI is InChI=1S/C15H23NO/c1-12-7-8-14(9-12)16-15(11-17)10-13-5-3-2-4-6-13/h2-6,12,14-17H,7-11H2,1H3. The quantitative estimate of drug-likeness (QED) is 0.818. The third kappa shape index (κ3) is 3.83. The minimum absolute atomic E-state index is 0.202. The lowest BCUT2D eigenvalue weighted by atomic mass is 10.0. The van der Waals surface area contributed by atoms with Gasteiger partial charge in [-0.15, -0.1) is 0 Å². The first kappa shape index (κ1) is 12.6. The molecule has 3 unspecified atom stereocenters. The monoisotopic (exact) mass is 233 g/mol. The second-order valence-corrected chi connectivity index (χ2v) is 5.35. The summed E-state index contributed by atoms with van der Waals surface area (Å²) in [5, 5.41) is 13.0. The lowest BCUT2D eigenvalue weighted by Crippen LogP contribution is -2.40. The Morgan fingerprint density at radius 2 is 2.06 bits per heavy atom. The zero-order valence-electron chi connectivity index (χ0n) is 10.6. The highest BCUT2D eigenvalue weighted by atomic mass is 16.3. The van der Waals surface area contributed by atoms with Gasteiger partial charge in [0.2, 0.25) is 0 Å². The summed E-state index contributed by atoms with van der Waals surface area (Å²) in [6.45, 7) is 2.53. The SMILES string of the molecule is CC1CCC(NC(CO)Cc2ccccc2)C1. The molecule has 0 heterocycles. The van der Waals surface area contributed by atoms with E-state index in [1.807, 2.05) is 6.07 Å². The number of hydrogen-bond acceptors (Lipinski definition) is 2. The molecule has 2 heteroatoms. The zero-order chi connectivity index (χ0) is 12.1. The van der Waals surface area contributed by atoms with E-state index in [-0.39, 0.29) is 12.6 Å². The summed E-state index contributed by atoms with van der Waals surface area (Å²) in [5.41, 5.74) is 1.30. The van der Waals surface area contributed by atoms with Gasteiger partial charge < -0.3 is 10.4 Å². The van der Waals surface area contributed by atoms with Crippen molar-refractivity contribution in [2.24, 2.45) is 5.92 Å². The van der Waals surface area contributed by atoms with Crippen LogP contribution in [0.2, 0.25) is 0 Å². The highest BCUT2D eigenvalue weighted by Crippen LogP contribution is 2.25. The normalized spacial score (nSPS) is 26.0. The summed E-state index contributed by atoms with van der Waals surface area (Å²) in [6.07, 6.45) is 4.75. The lowest BCUT2D eigenvalue weighted by Gasteiger charge is -2.21. The van der Waals surface area contributed by atoms with Crippen LogP contribution in [0.4, 0.5) is 0 Å². The first-order valence-electron chi connectivity index (χ1n) is 6.68. The van der Waals surface area contributed by atoms with Gasteiger partial charge in [-0.2, -0.15) is 0 Å². The Bertz CT molecular complexity index is 325. The highest BCUT2D eigenvalue weighted by molar-refractivity contribution is 5.16. The van der Waals surface area contributed by atoms with Crippen LogP contribution in [-0.4, -0.2) is 23.8 Å². The smallest absolute Gasteiger partial charge is 0.0587 e. The van der Waals surface area contributed by atoms with E-state index in [0.717, 1.165) is 12.3 Å². The van der Waals surface area contributed by atoms with Crippen LogP contribution in [0.5, 0.6) is 0 Å². The Labute approximate surface area is 104 Å². The Balaban J connectivity index is 1.85. The van der Waals surface area contributed by atoms with E-state index in [9.17, 15) is 5.11 Å². The maximum absolute atomic E-state index is 9.45. The molecule has 0 amide bonds. The molecule has 2 nitrogen and oxygen atoms in total. The van der Waals surface area contributed by atoms with Crippen molar-refractivity contribution in [1.29, 1.82) is 0 Å². The van der Waals surface area contributed by atoms with Crippen molar-refractivity contribution in [3.05, 3.63) is 35.9 Å². The molecule has 1 aromatic rings. The summed E-state index contributed by atoms with van der Waals surface area (Å²) >= 11 is 0. The van der Waals surface area contributed by atoms with Gasteiger partial charge in [0, 0.05) is 12.1 Å². The van der Waals surface area contributed by atoms with Gasteiger partial charge in [-0.05, 0) is 37.2 Å². The summed E-state index contributed by atoms with van der Waals surface area (Å²) in [5.74, 6) is 0.837. The summed E-state index contributed by atoms with van der Waals surface area (Å²) in [4.78, 5) is 0. The van der Waals surface area contributed by atoms with E-state index in [0.29, 0.717) is 6.04 Å². The van der Waals surface area contributed by atoms with Crippen LogP contribution in [0.15, 0.2) is 30.3 Å². The number of benzene rings is 1. The Morgan fingerprint density at radius 3 is 2.65 bits per heavy atom. The van der Waals surface area contributed by atoms with Gasteiger partial charge >= 0.3 is 0 Å². The highest BCUT2D eigenvalue weighted by Gasteiger charge is 2.23. The predicted molar refractivity (Wildman–Crippen MR) is 71.0 cm³/mol. The lowest BCUT2D eigenvalue weighted by molar-refractivity contribution is 0.229. The average Bonchev–Trinajstić information content (AvgIpc) is 2.75. The fourth-order valence-corrected chi connectivity index (χ4v) is 2.77. The topological polar surface area (TPSA) is 32.3 Å². The van der Waals surface area contributed by atoms with Crippen molar-refractivity contribution < 1.29 is 5.11 Å². The first-order valence-corrected chi connectivity index (χ1v) is 6.68. The fraction of sp³-hybridized carbons (Fsp3) is 0.600. The second kappa shape index (κ2) is 6.18. The molecule has 2 N–H and O–H groups in total. The second-order valence-electron chi connectivity index (χ2n) is 5.35. The van der Waals surface area contributed by atoms with Crippen LogP contribution in [0.25, 0.3) is 0 Å². The van der Waals surface area contributed by atoms with Gasteiger partial charge in [0.25, 0.3) is 0 Å². The van der Waals surface area contributed by atoms with Crippen LogP contribution in [-0.2, 0) is 6.42 Å². The molecule has 17 heavy (non-hydrogen) atoms. The van der Waals surface area contributed by atoms with Gasteiger partial charge in [-0.3, -0.25) is 0 Å². The minimum atomic E-state index is 0.202. The van der Waals surface area contributed by atoms with Gasteiger partial charge in [-0.1, -0.05) is 37.3 Å². The molecule has 0 radical (unpaired) electrons. The summed E-state index contributed by atoms with van der Waals surface area (Å²) in [6, 6.07) is 11.2. The molecule has 1 fully saturated rings. The maximum Gasteiger partial charge on any atom is 0.0587 e. The van der Waals surface area contributed by atoms with Crippen LogP contribution in [0.1, 0.15) is 31.7 Å². The van der Waals surface area contributed by atoms with Crippen molar-refractivity contribution in [2.45, 2.75) is 44.7 Å². The Morgan fingerprint density at radius 1 is 1.29 bits per heavy atom. The van der Waals surface area contributed by atoms with Crippen molar-refractivity contribution in [3.63, 3.8) is 0 Å². The molecule has 0 saturated heterocycles. The number of rotatable bonds is 5. The Hall–Kier alpha value is -0.860. The van der Waals surface area contributed by atoms with Crippen molar-refractivity contribution in [3.8, 4) is 0 Å². The van der Waals surface area contributed by atoms with E-state index in [4.69, 9.17) is 0 Å². The first-order chi connectivity index (χ1) is 8.28. The Kier molecular flexibility index (Phi) is 4.57. The molecule has 1 aromatic carbocycles. The van der Waals surface area contributed by atoms with Gasteiger partial charge in [0.1, 0.15) is 0 Å². The molecule has 0 bridgehead atoms. The molecule has 1 aliphatic rings. The minimum Gasteiger partial charge on any atom is -0.395 e. The van der Waals surface area contributed by atoms with Crippen LogP contribution >= 0.6 is 0 Å². The molecule has 0 aromatic heterocycles. The largest absolute Gasteiger partial charge is 0.395 e. The third-order valence-corrected chi connectivity index (χ3v) is 3.71. The average molecular weight is 233 g/mol. The molecule has 0 spiro atoms. The van der Waals surface area contributed by atoms with E-state index in [1.165, 1.54) is 24.8 Å².